The zero-order valence-corrected chi connectivity index (χ0v) is 14.6. The first kappa shape index (κ1) is 16.5. The minimum absolute atomic E-state index is 0.0611. The normalized spacial score (nSPS) is 14.2. The average molecular weight is 344 g/mol. The summed E-state index contributed by atoms with van der Waals surface area (Å²) in [6.07, 6.45) is 1.02. The van der Waals surface area contributed by atoms with Crippen LogP contribution < -0.4 is 4.72 Å². The molecule has 1 aliphatic heterocycles. The maximum Gasteiger partial charge on any atom is 0.262 e. The monoisotopic (exact) mass is 344 g/mol. The van der Waals surface area contributed by atoms with E-state index in [1.165, 1.54) is 0 Å². The van der Waals surface area contributed by atoms with Gasteiger partial charge in [0.2, 0.25) is 0 Å². The number of aryl methyl sites for hydroxylation is 2. The van der Waals surface area contributed by atoms with E-state index in [1.807, 2.05) is 13.0 Å². The van der Waals surface area contributed by atoms with Crippen LogP contribution in [0.2, 0.25) is 0 Å². The minimum Gasteiger partial charge on any atom is -0.339 e. The lowest BCUT2D eigenvalue weighted by molar-refractivity contribution is 0.0652. The SMILES string of the molecule is Cc1ccc(C)c(S(=O)(=O)Nc2cccc(C(=O)N3CCC3)c2)c1. The van der Waals surface area contributed by atoms with Gasteiger partial charge in [0.25, 0.3) is 15.9 Å². The van der Waals surface area contributed by atoms with Crippen LogP contribution in [0.3, 0.4) is 0 Å². The van der Waals surface area contributed by atoms with Gasteiger partial charge in [0, 0.05) is 24.3 Å². The predicted molar refractivity (Wildman–Crippen MR) is 93.7 cm³/mol. The van der Waals surface area contributed by atoms with E-state index in [0.717, 1.165) is 25.1 Å². The van der Waals surface area contributed by atoms with Crippen molar-refractivity contribution in [3.05, 3.63) is 59.2 Å². The molecule has 5 nitrogen and oxygen atoms in total. The number of hydrogen-bond donors (Lipinski definition) is 1. The first-order chi connectivity index (χ1) is 11.4. The van der Waals surface area contributed by atoms with Crippen molar-refractivity contribution in [1.29, 1.82) is 0 Å². The number of carbonyl (C=O) groups excluding carboxylic acids is 1. The Morgan fingerprint density at radius 1 is 1.08 bits per heavy atom. The zero-order chi connectivity index (χ0) is 17.3. The second-order valence-electron chi connectivity index (χ2n) is 6.10. The molecule has 0 saturated carbocycles. The molecule has 1 amide bonds. The highest BCUT2D eigenvalue weighted by molar-refractivity contribution is 7.92. The summed E-state index contributed by atoms with van der Waals surface area (Å²) in [4.78, 5) is 14.3. The topological polar surface area (TPSA) is 66.5 Å². The maximum atomic E-state index is 12.7. The van der Waals surface area contributed by atoms with Crippen LogP contribution >= 0.6 is 0 Å². The molecular weight excluding hydrogens is 324 g/mol. The molecule has 1 heterocycles. The molecule has 0 spiro atoms. The summed E-state index contributed by atoms with van der Waals surface area (Å²) in [7, 11) is -3.70. The molecule has 0 bridgehead atoms. The van der Waals surface area contributed by atoms with E-state index in [4.69, 9.17) is 0 Å². The fourth-order valence-corrected chi connectivity index (χ4v) is 4.00. The van der Waals surface area contributed by atoms with Gasteiger partial charge in [-0.1, -0.05) is 18.2 Å². The number of anilines is 1. The predicted octanol–water partition coefficient (Wildman–Crippen LogP) is 2.95. The Morgan fingerprint density at radius 2 is 1.83 bits per heavy atom. The van der Waals surface area contributed by atoms with Crippen molar-refractivity contribution >= 4 is 21.6 Å². The van der Waals surface area contributed by atoms with Crippen molar-refractivity contribution in [3.63, 3.8) is 0 Å². The third-order valence-corrected chi connectivity index (χ3v) is 5.66. The molecule has 1 aliphatic rings. The van der Waals surface area contributed by atoms with E-state index < -0.39 is 10.0 Å². The molecule has 0 atom stereocenters. The average Bonchev–Trinajstić information content (AvgIpc) is 2.47. The van der Waals surface area contributed by atoms with Crippen LogP contribution in [0.5, 0.6) is 0 Å². The van der Waals surface area contributed by atoms with Crippen molar-refractivity contribution in [2.24, 2.45) is 0 Å². The fraction of sp³-hybridized carbons (Fsp3) is 0.278. The lowest BCUT2D eigenvalue weighted by Crippen LogP contribution is -2.42. The zero-order valence-electron chi connectivity index (χ0n) is 13.7. The molecule has 1 fully saturated rings. The molecule has 0 aliphatic carbocycles. The number of nitrogens with zero attached hydrogens (tertiary/aromatic N) is 1. The Bertz CT molecular complexity index is 887. The largest absolute Gasteiger partial charge is 0.339 e. The second-order valence-corrected chi connectivity index (χ2v) is 7.75. The van der Waals surface area contributed by atoms with Crippen LogP contribution in [-0.4, -0.2) is 32.3 Å². The summed E-state index contributed by atoms with van der Waals surface area (Å²) in [6.45, 7) is 5.14. The van der Waals surface area contributed by atoms with Crippen LogP contribution in [0.1, 0.15) is 27.9 Å². The first-order valence-electron chi connectivity index (χ1n) is 7.86. The summed E-state index contributed by atoms with van der Waals surface area (Å²) in [5, 5.41) is 0. The van der Waals surface area contributed by atoms with E-state index in [9.17, 15) is 13.2 Å². The molecule has 6 heteroatoms. The summed E-state index contributed by atoms with van der Waals surface area (Å²) in [6, 6.07) is 11.9. The van der Waals surface area contributed by atoms with Gasteiger partial charge in [-0.25, -0.2) is 8.42 Å². The third kappa shape index (κ3) is 3.28. The number of sulfonamides is 1. The van der Waals surface area contributed by atoms with Crippen molar-refractivity contribution in [2.45, 2.75) is 25.2 Å². The van der Waals surface area contributed by atoms with Gasteiger partial charge in [0.05, 0.1) is 4.90 Å². The van der Waals surface area contributed by atoms with Crippen LogP contribution in [0, 0.1) is 13.8 Å². The number of hydrogen-bond acceptors (Lipinski definition) is 3. The van der Waals surface area contributed by atoms with Gasteiger partial charge in [-0.05, 0) is 55.7 Å². The standard InChI is InChI=1S/C18H20N2O3S/c1-13-7-8-14(2)17(11-13)24(22,23)19-16-6-3-5-15(12-16)18(21)20-9-4-10-20/h3,5-8,11-12,19H,4,9-10H2,1-2H3. The number of nitrogens with one attached hydrogen (secondary N) is 1. The van der Waals surface area contributed by atoms with Gasteiger partial charge in [-0.2, -0.15) is 0 Å². The molecule has 3 rings (SSSR count). The van der Waals surface area contributed by atoms with E-state index in [2.05, 4.69) is 4.72 Å². The number of likely N-dealkylation sites (tertiary alicyclic amines) is 1. The molecule has 2 aromatic carbocycles. The molecule has 1 N–H and O–H groups in total. The van der Waals surface area contributed by atoms with Gasteiger partial charge >= 0.3 is 0 Å². The van der Waals surface area contributed by atoms with Crippen molar-refractivity contribution < 1.29 is 13.2 Å². The molecular formula is C18H20N2O3S. The first-order valence-corrected chi connectivity index (χ1v) is 9.34. The quantitative estimate of drug-likeness (QED) is 0.927. The lowest BCUT2D eigenvalue weighted by Gasteiger charge is -2.31. The minimum atomic E-state index is -3.70. The van der Waals surface area contributed by atoms with E-state index in [0.29, 0.717) is 16.8 Å². The lowest BCUT2D eigenvalue weighted by atomic mass is 10.1. The van der Waals surface area contributed by atoms with Gasteiger partial charge in [-0.15, -0.1) is 0 Å². The van der Waals surface area contributed by atoms with Crippen molar-refractivity contribution in [2.75, 3.05) is 17.8 Å². The Kier molecular flexibility index (Phi) is 4.32. The molecule has 0 aromatic heterocycles. The third-order valence-electron chi connectivity index (χ3n) is 4.14. The summed E-state index contributed by atoms with van der Waals surface area (Å²) < 4.78 is 27.9. The Labute approximate surface area is 142 Å². The smallest absolute Gasteiger partial charge is 0.262 e. The number of rotatable bonds is 4. The summed E-state index contributed by atoms with van der Waals surface area (Å²) >= 11 is 0. The highest BCUT2D eigenvalue weighted by atomic mass is 32.2. The number of benzene rings is 2. The Morgan fingerprint density at radius 3 is 2.50 bits per heavy atom. The summed E-state index contributed by atoms with van der Waals surface area (Å²) in [5.74, 6) is -0.0611. The van der Waals surface area contributed by atoms with Gasteiger partial charge in [0.15, 0.2) is 0 Å². The highest BCUT2D eigenvalue weighted by Gasteiger charge is 2.22. The second kappa shape index (κ2) is 6.28. The maximum absolute atomic E-state index is 12.7. The molecule has 1 saturated heterocycles. The van der Waals surface area contributed by atoms with Crippen molar-refractivity contribution in [1.82, 2.24) is 4.90 Å². The molecule has 126 valence electrons. The highest BCUT2D eigenvalue weighted by Crippen LogP contribution is 2.22. The molecule has 24 heavy (non-hydrogen) atoms. The Balaban J connectivity index is 1.87. The van der Waals surface area contributed by atoms with Crippen LogP contribution in [-0.2, 0) is 10.0 Å². The number of amides is 1. The van der Waals surface area contributed by atoms with Crippen LogP contribution in [0.4, 0.5) is 5.69 Å². The van der Waals surface area contributed by atoms with Gasteiger partial charge in [-0.3, -0.25) is 9.52 Å². The van der Waals surface area contributed by atoms with Crippen LogP contribution in [0.15, 0.2) is 47.4 Å². The Hall–Kier alpha value is -2.34. The molecule has 0 radical (unpaired) electrons. The fourth-order valence-electron chi connectivity index (χ4n) is 2.62. The van der Waals surface area contributed by atoms with E-state index in [-0.39, 0.29) is 10.8 Å². The molecule has 2 aromatic rings. The summed E-state index contributed by atoms with van der Waals surface area (Å²) in [5.41, 5.74) is 2.45. The van der Waals surface area contributed by atoms with E-state index in [1.54, 1.807) is 48.2 Å². The van der Waals surface area contributed by atoms with Crippen molar-refractivity contribution in [3.8, 4) is 0 Å². The van der Waals surface area contributed by atoms with E-state index >= 15 is 0 Å². The molecule has 0 unspecified atom stereocenters. The number of carbonyl (C=O) groups is 1. The van der Waals surface area contributed by atoms with Gasteiger partial charge < -0.3 is 4.90 Å². The van der Waals surface area contributed by atoms with Crippen LogP contribution in [0.25, 0.3) is 0 Å². The van der Waals surface area contributed by atoms with Gasteiger partial charge in [0.1, 0.15) is 0 Å².